The lowest BCUT2D eigenvalue weighted by Crippen LogP contribution is -1.99. The van der Waals surface area contributed by atoms with Gasteiger partial charge in [0, 0.05) is 53.7 Å². The minimum absolute atomic E-state index is 0.649. The highest BCUT2D eigenvalue weighted by atomic mass is 79.9. The van der Waals surface area contributed by atoms with E-state index in [4.69, 9.17) is 9.97 Å². The van der Waals surface area contributed by atoms with Gasteiger partial charge in [0.05, 0.1) is 32.8 Å². The van der Waals surface area contributed by atoms with Crippen molar-refractivity contribution in [2.75, 3.05) is 0 Å². The SMILES string of the molecule is Brc1ccc2c(c1)c1c3ccccc3c3c4cc5c6ccccc6c6ccccc6c5cc4sc3c1n2-c1cccc(-c2nc(-c3ccccc3)cc(-c3ccccn3)n2)c1. The summed E-state index contributed by atoms with van der Waals surface area (Å²) >= 11 is 5.75. The summed E-state index contributed by atoms with van der Waals surface area (Å²) in [4.78, 5) is 15.0. The maximum atomic E-state index is 5.20. The van der Waals surface area contributed by atoms with E-state index in [2.05, 4.69) is 165 Å². The molecule has 0 saturated carbocycles. The van der Waals surface area contributed by atoms with Crippen molar-refractivity contribution in [1.29, 1.82) is 0 Å². The monoisotopic (exact) mass is 858 g/mol. The number of halogens is 1. The molecule has 0 aliphatic carbocycles. The number of hydrogen-bond donors (Lipinski definition) is 0. The molecule has 6 heteroatoms. The summed E-state index contributed by atoms with van der Waals surface area (Å²) in [6, 6.07) is 65.3. The van der Waals surface area contributed by atoms with E-state index in [1.54, 1.807) is 0 Å². The Bertz CT molecular complexity index is 3890. The Kier molecular flexibility index (Phi) is 7.59. The molecule has 0 radical (unpaired) electrons. The van der Waals surface area contributed by atoms with E-state index < -0.39 is 0 Å². The number of pyridine rings is 1. The molecule has 4 nitrogen and oxygen atoms in total. The van der Waals surface area contributed by atoms with Gasteiger partial charge in [0.1, 0.15) is 0 Å². The van der Waals surface area contributed by atoms with Gasteiger partial charge in [-0.05, 0) is 104 Å². The Hall–Kier alpha value is -7.25. The van der Waals surface area contributed by atoms with Gasteiger partial charge < -0.3 is 4.57 Å². The molecular weight excluding hydrogens is 829 g/mol. The van der Waals surface area contributed by atoms with Crippen molar-refractivity contribution in [1.82, 2.24) is 19.5 Å². The zero-order chi connectivity index (χ0) is 40.2. The lowest BCUT2D eigenvalue weighted by Gasteiger charge is -2.13. The number of thiophene rings is 1. The smallest absolute Gasteiger partial charge is 0.160 e. The van der Waals surface area contributed by atoms with Crippen LogP contribution >= 0.6 is 27.3 Å². The number of hydrogen-bond acceptors (Lipinski definition) is 4. The number of nitrogens with zero attached hydrogens (tertiary/aromatic N) is 4. The Morgan fingerprint density at radius 2 is 1.07 bits per heavy atom. The van der Waals surface area contributed by atoms with Gasteiger partial charge in [-0.2, -0.15) is 0 Å². The molecule has 0 fully saturated rings. The molecule has 0 bridgehead atoms. The van der Waals surface area contributed by atoms with Crippen LogP contribution in [0.1, 0.15) is 0 Å². The van der Waals surface area contributed by atoms with Crippen LogP contribution < -0.4 is 0 Å². The van der Waals surface area contributed by atoms with Crippen molar-refractivity contribution in [2.24, 2.45) is 0 Å². The second-order valence-corrected chi connectivity index (χ2v) is 17.6. The third-order valence-corrected chi connectivity index (χ3v) is 13.9. The van der Waals surface area contributed by atoms with E-state index in [1.807, 2.05) is 60.0 Å². The first kappa shape index (κ1) is 34.6. The van der Waals surface area contributed by atoms with Crippen molar-refractivity contribution < 1.29 is 0 Å². The average molecular weight is 860 g/mol. The predicted octanol–water partition coefficient (Wildman–Crippen LogP) is 15.7. The van der Waals surface area contributed by atoms with E-state index in [0.717, 1.165) is 43.9 Å². The van der Waals surface area contributed by atoms with Crippen LogP contribution in [0.25, 0.3) is 125 Å². The molecule has 0 aliphatic heterocycles. The fourth-order valence-electron chi connectivity index (χ4n) is 9.63. The molecule has 0 atom stereocenters. The molecule has 284 valence electrons. The quantitative estimate of drug-likeness (QED) is 0.166. The van der Waals surface area contributed by atoms with Crippen molar-refractivity contribution in [3.63, 3.8) is 0 Å². The molecule has 13 aromatic rings. The Morgan fingerprint density at radius 1 is 0.426 bits per heavy atom. The van der Waals surface area contributed by atoms with Gasteiger partial charge in [-0.3, -0.25) is 4.98 Å². The Labute approximate surface area is 362 Å². The van der Waals surface area contributed by atoms with E-state index in [0.29, 0.717) is 5.82 Å². The summed E-state index contributed by atoms with van der Waals surface area (Å²) in [5.41, 5.74) is 7.78. The zero-order valence-corrected chi connectivity index (χ0v) is 34.9. The van der Waals surface area contributed by atoms with Gasteiger partial charge in [-0.1, -0.05) is 137 Å². The normalized spacial score (nSPS) is 12.0. The molecule has 4 aromatic heterocycles. The third kappa shape index (κ3) is 5.26. The van der Waals surface area contributed by atoms with Crippen LogP contribution in [-0.2, 0) is 0 Å². The fraction of sp³-hybridized carbons (Fsp3) is 0. The van der Waals surface area contributed by atoms with Gasteiger partial charge in [-0.25, -0.2) is 9.97 Å². The van der Waals surface area contributed by atoms with Crippen molar-refractivity contribution in [3.05, 3.63) is 193 Å². The van der Waals surface area contributed by atoms with Crippen LogP contribution in [0.15, 0.2) is 193 Å². The van der Waals surface area contributed by atoms with Gasteiger partial charge in [-0.15, -0.1) is 11.3 Å². The number of aromatic nitrogens is 4. The minimum atomic E-state index is 0.649. The molecule has 0 amide bonds. The first-order valence-corrected chi connectivity index (χ1v) is 22.0. The predicted molar refractivity (Wildman–Crippen MR) is 261 cm³/mol. The second kappa shape index (κ2) is 13.4. The fourth-order valence-corrected chi connectivity index (χ4v) is 11.3. The summed E-state index contributed by atoms with van der Waals surface area (Å²) in [6.45, 7) is 0. The van der Waals surface area contributed by atoms with Crippen molar-refractivity contribution in [3.8, 4) is 39.7 Å². The third-order valence-electron chi connectivity index (χ3n) is 12.2. The lowest BCUT2D eigenvalue weighted by atomic mass is 9.92. The highest BCUT2D eigenvalue weighted by Crippen LogP contribution is 2.50. The molecule has 0 unspecified atom stereocenters. The molecule has 0 N–H and O–H groups in total. The minimum Gasteiger partial charge on any atom is -0.308 e. The molecule has 4 heterocycles. The Balaban J connectivity index is 1.13. The summed E-state index contributed by atoms with van der Waals surface area (Å²) < 4.78 is 6.06. The summed E-state index contributed by atoms with van der Waals surface area (Å²) in [5, 5.41) is 15.2. The van der Waals surface area contributed by atoms with Crippen LogP contribution in [-0.4, -0.2) is 19.5 Å². The van der Waals surface area contributed by atoms with Gasteiger partial charge in [0.15, 0.2) is 5.82 Å². The van der Waals surface area contributed by atoms with Gasteiger partial charge in [0.2, 0.25) is 0 Å². The number of benzene rings is 9. The molecule has 9 aromatic carbocycles. The largest absolute Gasteiger partial charge is 0.308 e. The van der Waals surface area contributed by atoms with Crippen LogP contribution in [0.5, 0.6) is 0 Å². The molecule has 0 spiro atoms. The van der Waals surface area contributed by atoms with E-state index in [9.17, 15) is 0 Å². The van der Waals surface area contributed by atoms with Gasteiger partial charge in [0.25, 0.3) is 0 Å². The zero-order valence-electron chi connectivity index (χ0n) is 32.5. The van der Waals surface area contributed by atoms with E-state index in [1.165, 1.54) is 79.6 Å². The Morgan fingerprint density at radius 3 is 1.80 bits per heavy atom. The summed E-state index contributed by atoms with van der Waals surface area (Å²) in [6.07, 6.45) is 1.81. The van der Waals surface area contributed by atoms with Crippen molar-refractivity contribution >= 4 is 112 Å². The van der Waals surface area contributed by atoms with E-state index in [-0.39, 0.29) is 0 Å². The maximum Gasteiger partial charge on any atom is 0.160 e. The number of rotatable bonds is 4. The maximum absolute atomic E-state index is 5.20. The van der Waals surface area contributed by atoms with E-state index >= 15 is 0 Å². The summed E-state index contributed by atoms with van der Waals surface area (Å²) in [7, 11) is 0. The molecule has 61 heavy (non-hydrogen) atoms. The van der Waals surface area contributed by atoms with Crippen LogP contribution in [0, 0.1) is 0 Å². The topological polar surface area (TPSA) is 43.6 Å². The van der Waals surface area contributed by atoms with Gasteiger partial charge >= 0.3 is 0 Å². The highest BCUT2D eigenvalue weighted by Gasteiger charge is 2.23. The average Bonchev–Trinajstić information content (AvgIpc) is 3.87. The molecule has 0 saturated heterocycles. The lowest BCUT2D eigenvalue weighted by molar-refractivity contribution is 1.15. The first-order valence-electron chi connectivity index (χ1n) is 20.4. The van der Waals surface area contributed by atoms with Crippen LogP contribution in [0.2, 0.25) is 0 Å². The first-order chi connectivity index (χ1) is 30.2. The molecular formula is C55H31BrN4S. The van der Waals surface area contributed by atoms with Crippen LogP contribution in [0.4, 0.5) is 0 Å². The van der Waals surface area contributed by atoms with Crippen molar-refractivity contribution in [2.45, 2.75) is 0 Å². The summed E-state index contributed by atoms with van der Waals surface area (Å²) in [5.74, 6) is 0.649. The number of fused-ring (bicyclic) bond motifs is 16. The molecule has 0 aliphatic rings. The standard InChI is InChI=1S/C55H31BrN4S/c56-34-24-25-49-44(28-34)51-40-21-8-9-22-41(40)52-45-29-42-38-19-6-4-17-36(38)37-18-5-7-20-39(37)43(42)30-50(45)61-54(52)53(51)60(49)35-16-12-15-33(27-35)55-58-47(32-13-2-1-3-14-32)31-48(59-55)46-23-10-11-26-57-46/h1-31H. The van der Waals surface area contributed by atoms with Crippen LogP contribution in [0.3, 0.4) is 0 Å². The molecule has 13 rings (SSSR count). The second-order valence-electron chi connectivity index (χ2n) is 15.7. The highest BCUT2D eigenvalue weighted by molar-refractivity contribution is 9.10.